The molecule has 0 radical (unpaired) electrons. The number of hydrogen-bond acceptors (Lipinski definition) is 2. The molecular formula is C14H20N2. The standard InChI is InChI=1S/C14H20N2/c1-2-6-13(7-3-1)10-15-11-14-8-4-5-9-16(14)12-15/h1-3,6-7,14H,4-5,8-12H2. The third kappa shape index (κ3) is 2.13. The Balaban J connectivity index is 1.61. The second-order valence-corrected chi connectivity index (χ2v) is 5.10. The second kappa shape index (κ2) is 4.56. The molecule has 2 fully saturated rings. The molecule has 2 nitrogen and oxygen atoms in total. The van der Waals surface area contributed by atoms with Crippen LogP contribution in [0.2, 0.25) is 0 Å². The van der Waals surface area contributed by atoms with E-state index in [0.717, 1.165) is 12.6 Å². The lowest BCUT2D eigenvalue weighted by atomic mass is 10.0. The van der Waals surface area contributed by atoms with Crippen LogP contribution in [0.3, 0.4) is 0 Å². The van der Waals surface area contributed by atoms with E-state index in [2.05, 4.69) is 40.1 Å². The van der Waals surface area contributed by atoms with Crippen molar-refractivity contribution in [3.05, 3.63) is 35.9 Å². The van der Waals surface area contributed by atoms with Gasteiger partial charge in [0.15, 0.2) is 0 Å². The highest BCUT2D eigenvalue weighted by Gasteiger charge is 2.31. The number of piperidine rings is 1. The van der Waals surface area contributed by atoms with E-state index in [4.69, 9.17) is 0 Å². The number of benzene rings is 1. The highest BCUT2D eigenvalue weighted by Crippen LogP contribution is 2.24. The summed E-state index contributed by atoms with van der Waals surface area (Å²) < 4.78 is 0. The van der Waals surface area contributed by atoms with Gasteiger partial charge in [-0.2, -0.15) is 0 Å². The molecule has 2 heteroatoms. The highest BCUT2D eigenvalue weighted by molar-refractivity contribution is 5.14. The summed E-state index contributed by atoms with van der Waals surface area (Å²) in [6.45, 7) is 4.89. The Labute approximate surface area is 97.9 Å². The van der Waals surface area contributed by atoms with E-state index in [1.807, 2.05) is 0 Å². The van der Waals surface area contributed by atoms with Crippen LogP contribution < -0.4 is 0 Å². The molecule has 0 saturated carbocycles. The first-order chi connectivity index (χ1) is 7.92. The van der Waals surface area contributed by atoms with Crippen molar-refractivity contribution in [2.24, 2.45) is 0 Å². The van der Waals surface area contributed by atoms with Gasteiger partial charge in [-0.1, -0.05) is 36.8 Å². The molecule has 0 aliphatic carbocycles. The molecule has 3 rings (SSSR count). The Morgan fingerprint density at radius 2 is 2.00 bits per heavy atom. The minimum atomic E-state index is 0.845. The fourth-order valence-corrected chi connectivity index (χ4v) is 3.02. The van der Waals surface area contributed by atoms with Crippen LogP contribution >= 0.6 is 0 Å². The molecular weight excluding hydrogens is 196 g/mol. The van der Waals surface area contributed by atoms with Gasteiger partial charge in [0, 0.05) is 19.1 Å². The monoisotopic (exact) mass is 216 g/mol. The first kappa shape index (κ1) is 10.3. The van der Waals surface area contributed by atoms with Gasteiger partial charge in [0.1, 0.15) is 0 Å². The van der Waals surface area contributed by atoms with Gasteiger partial charge in [0.05, 0.1) is 6.67 Å². The summed E-state index contributed by atoms with van der Waals surface area (Å²) in [7, 11) is 0. The van der Waals surface area contributed by atoms with Crippen molar-refractivity contribution in [1.82, 2.24) is 9.80 Å². The second-order valence-electron chi connectivity index (χ2n) is 5.10. The smallest absolute Gasteiger partial charge is 0.0513 e. The molecule has 1 unspecified atom stereocenters. The summed E-state index contributed by atoms with van der Waals surface area (Å²) >= 11 is 0. The summed E-state index contributed by atoms with van der Waals surface area (Å²) in [4.78, 5) is 5.25. The minimum Gasteiger partial charge on any atom is -0.286 e. The average molecular weight is 216 g/mol. The van der Waals surface area contributed by atoms with E-state index >= 15 is 0 Å². The maximum atomic E-state index is 2.66. The van der Waals surface area contributed by atoms with Crippen molar-refractivity contribution in [1.29, 1.82) is 0 Å². The summed E-state index contributed by atoms with van der Waals surface area (Å²) in [5.41, 5.74) is 1.45. The van der Waals surface area contributed by atoms with Crippen LogP contribution in [0, 0.1) is 0 Å². The van der Waals surface area contributed by atoms with Gasteiger partial charge in [-0.15, -0.1) is 0 Å². The Morgan fingerprint density at radius 3 is 2.81 bits per heavy atom. The fourth-order valence-electron chi connectivity index (χ4n) is 3.02. The molecule has 86 valence electrons. The Morgan fingerprint density at radius 1 is 1.12 bits per heavy atom. The zero-order valence-electron chi connectivity index (χ0n) is 9.81. The molecule has 1 aromatic rings. The Hall–Kier alpha value is -0.860. The van der Waals surface area contributed by atoms with Gasteiger partial charge in [-0.25, -0.2) is 0 Å². The van der Waals surface area contributed by atoms with Crippen molar-refractivity contribution < 1.29 is 0 Å². The predicted octanol–water partition coefficient (Wildman–Crippen LogP) is 2.31. The molecule has 2 heterocycles. The first-order valence-electron chi connectivity index (χ1n) is 6.42. The predicted molar refractivity (Wildman–Crippen MR) is 66.1 cm³/mol. The van der Waals surface area contributed by atoms with Crippen molar-refractivity contribution in [2.45, 2.75) is 31.8 Å². The largest absolute Gasteiger partial charge is 0.286 e. The molecule has 0 aromatic heterocycles. The SMILES string of the molecule is c1ccc(CN2CC3CCCCN3C2)cc1. The van der Waals surface area contributed by atoms with Crippen molar-refractivity contribution >= 4 is 0 Å². The molecule has 0 amide bonds. The van der Waals surface area contributed by atoms with Crippen LogP contribution in [0.15, 0.2) is 30.3 Å². The minimum absolute atomic E-state index is 0.845. The van der Waals surface area contributed by atoms with Crippen LogP contribution in [0.5, 0.6) is 0 Å². The summed E-state index contributed by atoms with van der Waals surface area (Å²) in [6.07, 6.45) is 4.24. The molecule has 1 atom stereocenters. The molecule has 2 aliphatic heterocycles. The first-order valence-corrected chi connectivity index (χ1v) is 6.42. The molecule has 0 bridgehead atoms. The third-order valence-electron chi connectivity index (χ3n) is 3.85. The fraction of sp³-hybridized carbons (Fsp3) is 0.571. The summed E-state index contributed by atoms with van der Waals surface area (Å²) in [5.74, 6) is 0. The lowest BCUT2D eigenvalue weighted by Crippen LogP contribution is -2.35. The third-order valence-corrected chi connectivity index (χ3v) is 3.85. The van der Waals surface area contributed by atoms with Crippen molar-refractivity contribution in [2.75, 3.05) is 19.8 Å². The number of rotatable bonds is 2. The van der Waals surface area contributed by atoms with E-state index in [0.29, 0.717) is 0 Å². The summed E-state index contributed by atoms with van der Waals surface area (Å²) in [6, 6.07) is 11.7. The van der Waals surface area contributed by atoms with Crippen LogP contribution in [-0.2, 0) is 6.54 Å². The van der Waals surface area contributed by atoms with E-state index < -0.39 is 0 Å². The van der Waals surface area contributed by atoms with E-state index in [9.17, 15) is 0 Å². The summed E-state index contributed by atoms with van der Waals surface area (Å²) in [5, 5.41) is 0. The molecule has 16 heavy (non-hydrogen) atoms. The van der Waals surface area contributed by atoms with Crippen LogP contribution in [0.25, 0.3) is 0 Å². The zero-order valence-corrected chi connectivity index (χ0v) is 9.81. The average Bonchev–Trinajstić information content (AvgIpc) is 2.72. The van der Waals surface area contributed by atoms with Crippen LogP contribution in [0.4, 0.5) is 0 Å². The van der Waals surface area contributed by atoms with Crippen LogP contribution in [0.1, 0.15) is 24.8 Å². The Bertz CT molecular complexity index is 322. The number of nitrogens with zero attached hydrogens (tertiary/aromatic N) is 2. The zero-order chi connectivity index (χ0) is 10.8. The maximum absolute atomic E-state index is 2.66. The van der Waals surface area contributed by atoms with Gasteiger partial charge < -0.3 is 0 Å². The van der Waals surface area contributed by atoms with Crippen LogP contribution in [-0.4, -0.2) is 35.6 Å². The van der Waals surface area contributed by atoms with E-state index in [1.165, 1.54) is 44.6 Å². The normalized spacial score (nSPS) is 26.9. The van der Waals surface area contributed by atoms with Crippen molar-refractivity contribution in [3.63, 3.8) is 0 Å². The Kier molecular flexibility index (Phi) is 2.94. The molecule has 2 aliphatic rings. The van der Waals surface area contributed by atoms with E-state index in [-0.39, 0.29) is 0 Å². The van der Waals surface area contributed by atoms with Gasteiger partial charge in [-0.05, 0) is 24.9 Å². The lowest BCUT2D eigenvalue weighted by molar-refractivity contribution is 0.183. The number of fused-ring (bicyclic) bond motifs is 1. The van der Waals surface area contributed by atoms with Gasteiger partial charge in [-0.3, -0.25) is 9.80 Å². The molecule has 1 aromatic carbocycles. The van der Waals surface area contributed by atoms with Gasteiger partial charge >= 0.3 is 0 Å². The quantitative estimate of drug-likeness (QED) is 0.748. The van der Waals surface area contributed by atoms with Gasteiger partial charge in [0.2, 0.25) is 0 Å². The molecule has 0 N–H and O–H groups in total. The van der Waals surface area contributed by atoms with E-state index in [1.54, 1.807) is 0 Å². The van der Waals surface area contributed by atoms with Crippen molar-refractivity contribution in [3.8, 4) is 0 Å². The lowest BCUT2D eigenvalue weighted by Gasteiger charge is -2.27. The highest BCUT2D eigenvalue weighted by atomic mass is 15.4. The number of hydrogen-bond donors (Lipinski definition) is 0. The maximum Gasteiger partial charge on any atom is 0.0513 e. The molecule has 0 spiro atoms. The molecule has 2 saturated heterocycles. The topological polar surface area (TPSA) is 6.48 Å². The van der Waals surface area contributed by atoms with Gasteiger partial charge in [0.25, 0.3) is 0 Å².